The first kappa shape index (κ1) is 19.6. The SMILES string of the molecule is O=C(COc1ccc(Cl)c(F)c1)NC12CC(NC(=O)c3cnc4ncccc4n3)(C1)C2. The van der Waals surface area contributed by atoms with E-state index in [1.807, 2.05) is 0 Å². The highest BCUT2D eigenvalue weighted by Gasteiger charge is 2.69. The van der Waals surface area contributed by atoms with E-state index >= 15 is 0 Å². The van der Waals surface area contributed by atoms with Gasteiger partial charge in [0.25, 0.3) is 11.8 Å². The summed E-state index contributed by atoms with van der Waals surface area (Å²) in [4.78, 5) is 37.3. The molecule has 2 N–H and O–H groups in total. The molecular weight excluding hydrogens is 425 g/mol. The molecule has 0 spiro atoms. The van der Waals surface area contributed by atoms with E-state index in [9.17, 15) is 14.0 Å². The molecule has 0 unspecified atom stereocenters. The molecule has 0 aliphatic heterocycles. The number of amides is 2. The van der Waals surface area contributed by atoms with E-state index in [1.165, 1.54) is 18.3 Å². The Hall–Kier alpha value is -3.33. The molecule has 0 saturated heterocycles. The Labute approximate surface area is 181 Å². The van der Waals surface area contributed by atoms with Crippen molar-refractivity contribution < 1.29 is 18.7 Å². The van der Waals surface area contributed by atoms with Crippen molar-refractivity contribution in [3.8, 4) is 5.75 Å². The Morgan fingerprint density at radius 1 is 1.13 bits per heavy atom. The standard InChI is InChI=1S/C21H17ClFN5O3/c22-13-4-3-12(6-14(13)23)31-8-17(29)27-20-9-21(10-20,11-20)28-19(30)16-7-25-18-15(26-16)2-1-5-24-18/h1-7H,8-11H2,(H,27,29)(H,28,30). The van der Waals surface area contributed by atoms with E-state index in [0.29, 0.717) is 30.4 Å². The lowest BCUT2D eigenvalue weighted by Crippen LogP contribution is -2.84. The molecule has 2 bridgehead atoms. The summed E-state index contributed by atoms with van der Waals surface area (Å²) >= 11 is 5.63. The number of aromatic nitrogens is 3. The maximum Gasteiger partial charge on any atom is 0.271 e. The van der Waals surface area contributed by atoms with Gasteiger partial charge in [-0.1, -0.05) is 11.6 Å². The van der Waals surface area contributed by atoms with Crippen molar-refractivity contribution in [1.29, 1.82) is 0 Å². The third-order valence-corrected chi connectivity index (χ3v) is 5.93. The number of nitrogens with zero attached hydrogens (tertiary/aromatic N) is 3. The number of pyridine rings is 1. The Bertz CT molecular complexity index is 1200. The Balaban J connectivity index is 1.12. The summed E-state index contributed by atoms with van der Waals surface area (Å²) in [6, 6.07) is 7.48. The van der Waals surface area contributed by atoms with Gasteiger partial charge in [0, 0.05) is 23.3 Å². The van der Waals surface area contributed by atoms with Gasteiger partial charge in [-0.25, -0.2) is 19.3 Å². The number of hydrogen-bond acceptors (Lipinski definition) is 6. The maximum absolute atomic E-state index is 13.4. The van der Waals surface area contributed by atoms with Gasteiger partial charge in [0.1, 0.15) is 22.8 Å². The van der Waals surface area contributed by atoms with Gasteiger partial charge in [-0.3, -0.25) is 9.59 Å². The molecule has 31 heavy (non-hydrogen) atoms. The van der Waals surface area contributed by atoms with Crippen molar-refractivity contribution in [3.63, 3.8) is 0 Å². The summed E-state index contributed by atoms with van der Waals surface area (Å²) in [7, 11) is 0. The summed E-state index contributed by atoms with van der Waals surface area (Å²) in [5, 5.41) is 5.94. The fourth-order valence-corrected chi connectivity index (χ4v) is 4.49. The first-order chi connectivity index (χ1) is 14.9. The minimum Gasteiger partial charge on any atom is -0.484 e. The predicted octanol–water partition coefficient (Wildman–Crippen LogP) is 2.42. The Kier molecular flexibility index (Phi) is 4.51. The van der Waals surface area contributed by atoms with Crippen molar-refractivity contribution in [2.45, 2.75) is 30.3 Å². The van der Waals surface area contributed by atoms with Crippen molar-refractivity contribution in [2.24, 2.45) is 0 Å². The maximum atomic E-state index is 13.4. The number of benzene rings is 1. The minimum atomic E-state index is -0.607. The normalized spacial score (nSPS) is 23.4. The lowest BCUT2D eigenvalue weighted by Gasteiger charge is -2.70. The molecule has 2 amide bonds. The molecular formula is C21H17ClFN5O3. The highest BCUT2D eigenvalue weighted by Crippen LogP contribution is 2.60. The van der Waals surface area contributed by atoms with E-state index in [-0.39, 0.29) is 46.0 Å². The molecule has 3 aliphatic carbocycles. The topological polar surface area (TPSA) is 106 Å². The number of hydrogen-bond donors (Lipinski definition) is 2. The molecule has 3 aromatic rings. The molecule has 6 rings (SSSR count). The van der Waals surface area contributed by atoms with Crippen LogP contribution in [-0.4, -0.2) is 44.5 Å². The van der Waals surface area contributed by atoms with Gasteiger partial charge in [0.15, 0.2) is 12.3 Å². The van der Waals surface area contributed by atoms with Gasteiger partial charge in [-0.15, -0.1) is 0 Å². The van der Waals surface area contributed by atoms with E-state index < -0.39 is 5.82 Å². The van der Waals surface area contributed by atoms with E-state index in [1.54, 1.807) is 18.3 Å². The van der Waals surface area contributed by atoms with Crippen LogP contribution in [0.4, 0.5) is 4.39 Å². The zero-order valence-electron chi connectivity index (χ0n) is 16.2. The molecule has 0 atom stereocenters. The average Bonchev–Trinajstić information content (AvgIpc) is 2.71. The number of carbonyl (C=O) groups excluding carboxylic acids is 2. The van der Waals surface area contributed by atoms with Gasteiger partial charge >= 0.3 is 0 Å². The van der Waals surface area contributed by atoms with Gasteiger partial charge in [-0.05, 0) is 43.5 Å². The van der Waals surface area contributed by atoms with Gasteiger partial charge in [0.2, 0.25) is 0 Å². The first-order valence-electron chi connectivity index (χ1n) is 9.65. The monoisotopic (exact) mass is 441 g/mol. The van der Waals surface area contributed by atoms with Gasteiger partial charge in [0.05, 0.1) is 11.2 Å². The summed E-state index contributed by atoms with van der Waals surface area (Å²) in [6.07, 6.45) is 4.93. The van der Waals surface area contributed by atoms with Crippen LogP contribution in [0.25, 0.3) is 11.2 Å². The van der Waals surface area contributed by atoms with Crippen LogP contribution in [0, 0.1) is 5.82 Å². The highest BCUT2D eigenvalue weighted by atomic mass is 35.5. The molecule has 0 radical (unpaired) electrons. The molecule has 3 aliphatic rings. The second-order valence-corrected chi connectivity index (χ2v) is 8.47. The second kappa shape index (κ2) is 7.12. The first-order valence-corrected chi connectivity index (χ1v) is 10.0. The van der Waals surface area contributed by atoms with Crippen LogP contribution in [0.1, 0.15) is 29.8 Å². The Morgan fingerprint density at radius 2 is 1.90 bits per heavy atom. The molecule has 158 valence electrons. The largest absolute Gasteiger partial charge is 0.484 e. The van der Waals surface area contributed by atoms with Crippen LogP contribution < -0.4 is 15.4 Å². The van der Waals surface area contributed by atoms with Crippen LogP contribution >= 0.6 is 11.6 Å². The third-order valence-electron chi connectivity index (χ3n) is 5.62. The summed E-state index contributed by atoms with van der Waals surface area (Å²) in [5.74, 6) is -0.983. The predicted molar refractivity (Wildman–Crippen MR) is 109 cm³/mol. The van der Waals surface area contributed by atoms with E-state index in [2.05, 4.69) is 25.6 Å². The van der Waals surface area contributed by atoms with Crippen molar-refractivity contribution in [1.82, 2.24) is 25.6 Å². The van der Waals surface area contributed by atoms with Gasteiger partial charge < -0.3 is 15.4 Å². The van der Waals surface area contributed by atoms with Crippen molar-refractivity contribution >= 4 is 34.6 Å². The summed E-state index contributed by atoms with van der Waals surface area (Å²) in [6.45, 7) is -0.233. The summed E-state index contributed by atoms with van der Waals surface area (Å²) in [5.41, 5.74) is 0.590. The van der Waals surface area contributed by atoms with E-state index in [4.69, 9.17) is 16.3 Å². The number of halogens is 2. The number of rotatable bonds is 6. The number of carbonyl (C=O) groups is 2. The van der Waals surface area contributed by atoms with Gasteiger partial charge in [-0.2, -0.15) is 0 Å². The van der Waals surface area contributed by atoms with Crippen LogP contribution in [-0.2, 0) is 4.79 Å². The van der Waals surface area contributed by atoms with E-state index in [0.717, 1.165) is 6.07 Å². The highest BCUT2D eigenvalue weighted by molar-refractivity contribution is 6.30. The number of ether oxygens (including phenoxy) is 1. The molecule has 3 saturated carbocycles. The van der Waals surface area contributed by atoms with Crippen molar-refractivity contribution in [3.05, 3.63) is 59.3 Å². The number of fused-ring (bicyclic) bond motifs is 1. The molecule has 8 nitrogen and oxygen atoms in total. The average molecular weight is 442 g/mol. The lowest BCUT2D eigenvalue weighted by atomic mass is 9.44. The minimum absolute atomic E-state index is 0.00986. The fraction of sp³-hybridized carbons (Fsp3) is 0.286. The van der Waals surface area contributed by atoms with Crippen molar-refractivity contribution in [2.75, 3.05) is 6.61 Å². The third kappa shape index (κ3) is 3.65. The molecule has 10 heteroatoms. The smallest absolute Gasteiger partial charge is 0.271 e. The Morgan fingerprint density at radius 3 is 2.68 bits per heavy atom. The second-order valence-electron chi connectivity index (χ2n) is 8.06. The lowest BCUT2D eigenvalue weighted by molar-refractivity contribution is -0.141. The fourth-order valence-electron chi connectivity index (χ4n) is 4.37. The zero-order chi connectivity index (χ0) is 21.6. The zero-order valence-corrected chi connectivity index (χ0v) is 16.9. The molecule has 2 aromatic heterocycles. The van der Waals surface area contributed by atoms with Crippen LogP contribution in [0.5, 0.6) is 5.75 Å². The quantitative estimate of drug-likeness (QED) is 0.608. The van der Waals surface area contributed by atoms with Crippen LogP contribution in [0.15, 0.2) is 42.7 Å². The van der Waals surface area contributed by atoms with Crippen LogP contribution in [0.3, 0.4) is 0 Å². The molecule has 1 aromatic carbocycles. The number of nitrogens with one attached hydrogen (secondary N) is 2. The molecule has 3 fully saturated rings. The van der Waals surface area contributed by atoms with Crippen LogP contribution in [0.2, 0.25) is 5.02 Å². The summed E-state index contributed by atoms with van der Waals surface area (Å²) < 4.78 is 18.7. The molecule has 2 heterocycles.